The number of amides is 2. The Balaban J connectivity index is 1.78. The Morgan fingerprint density at radius 2 is 1.97 bits per heavy atom. The molecule has 0 atom stereocenters. The van der Waals surface area contributed by atoms with Gasteiger partial charge >= 0.3 is 6.09 Å². The van der Waals surface area contributed by atoms with E-state index in [2.05, 4.69) is 15.4 Å². The lowest BCUT2D eigenvalue weighted by Crippen LogP contribution is -2.41. The summed E-state index contributed by atoms with van der Waals surface area (Å²) in [7, 11) is 0. The molecule has 9 heteroatoms. The zero-order valence-electron chi connectivity index (χ0n) is 18.3. The van der Waals surface area contributed by atoms with Crippen LogP contribution in [0.2, 0.25) is 0 Å². The van der Waals surface area contributed by atoms with Crippen molar-refractivity contribution in [1.29, 1.82) is 0 Å². The van der Waals surface area contributed by atoms with Gasteiger partial charge in [-0.2, -0.15) is 5.10 Å². The Morgan fingerprint density at radius 3 is 2.57 bits per heavy atom. The van der Waals surface area contributed by atoms with Gasteiger partial charge in [-0.15, -0.1) is 0 Å². The van der Waals surface area contributed by atoms with Crippen molar-refractivity contribution >= 4 is 17.6 Å². The summed E-state index contributed by atoms with van der Waals surface area (Å²) in [5.74, 6) is 0.117. The number of carbonyl (C=O) groups excluding carboxylic acids is 2. The van der Waals surface area contributed by atoms with Crippen LogP contribution in [0.1, 0.15) is 69.4 Å². The predicted molar refractivity (Wildman–Crippen MR) is 113 cm³/mol. The first-order valence-electron chi connectivity index (χ1n) is 10.4. The number of H-pyrrole nitrogens is 1. The molecule has 0 unspecified atom stereocenters. The van der Waals surface area contributed by atoms with Crippen LogP contribution >= 0.6 is 0 Å². The van der Waals surface area contributed by atoms with Gasteiger partial charge in [-0.05, 0) is 39.5 Å². The lowest BCUT2D eigenvalue weighted by molar-refractivity contribution is 0.0203. The molecule has 2 aromatic rings. The fraction of sp³-hybridized carbons (Fsp3) is 0.619. The molecule has 0 aliphatic carbocycles. The molecule has 1 aliphatic heterocycles. The average Bonchev–Trinajstić information content (AvgIpc) is 3.08. The summed E-state index contributed by atoms with van der Waals surface area (Å²) in [6.07, 6.45) is 2.54. The first-order valence-corrected chi connectivity index (χ1v) is 10.4. The third-order valence-electron chi connectivity index (χ3n) is 5.01. The van der Waals surface area contributed by atoms with E-state index in [4.69, 9.17) is 4.74 Å². The number of aromatic nitrogens is 3. The molecule has 1 aliphatic rings. The van der Waals surface area contributed by atoms with Gasteiger partial charge < -0.3 is 19.9 Å². The van der Waals surface area contributed by atoms with Crippen LogP contribution in [0.15, 0.2) is 17.1 Å². The third-order valence-corrected chi connectivity index (χ3v) is 5.01. The first-order chi connectivity index (χ1) is 14.0. The van der Waals surface area contributed by atoms with Gasteiger partial charge in [0, 0.05) is 31.6 Å². The Morgan fingerprint density at radius 1 is 1.30 bits per heavy atom. The lowest BCUT2D eigenvalue weighted by atomic mass is 9.93. The number of nitrogens with zero attached hydrogens (tertiary/aromatic N) is 3. The van der Waals surface area contributed by atoms with Gasteiger partial charge in [0.2, 0.25) is 0 Å². The van der Waals surface area contributed by atoms with E-state index in [-0.39, 0.29) is 23.5 Å². The maximum Gasteiger partial charge on any atom is 0.410 e. The molecular formula is C21H31N5O4. The van der Waals surface area contributed by atoms with Gasteiger partial charge in [0.15, 0.2) is 0 Å². The molecule has 2 amide bonds. The number of hydrogen-bond donors (Lipinski definition) is 2. The maximum absolute atomic E-state index is 12.5. The molecule has 0 saturated carbocycles. The number of fused-ring (bicyclic) bond motifs is 1. The van der Waals surface area contributed by atoms with Crippen LogP contribution in [0.3, 0.4) is 0 Å². The van der Waals surface area contributed by atoms with Crippen molar-refractivity contribution in [3.63, 3.8) is 0 Å². The number of ether oxygens (including phenoxy) is 1. The minimum Gasteiger partial charge on any atom is -0.444 e. The fourth-order valence-electron chi connectivity index (χ4n) is 3.55. The Hall–Kier alpha value is -2.84. The molecule has 9 nitrogen and oxygen atoms in total. The van der Waals surface area contributed by atoms with E-state index >= 15 is 0 Å². The van der Waals surface area contributed by atoms with Gasteiger partial charge in [0.1, 0.15) is 16.8 Å². The number of nitrogens with one attached hydrogen (secondary N) is 2. The van der Waals surface area contributed by atoms with Gasteiger partial charge in [-0.25, -0.2) is 9.31 Å². The summed E-state index contributed by atoms with van der Waals surface area (Å²) in [5, 5.41) is 7.23. The van der Waals surface area contributed by atoms with E-state index < -0.39 is 5.60 Å². The minimum absolute atomic E-state index is 0.0555. The van der Waals surface area contributed by atoms with E-state index in [0.717, 1.165) is 5.69 Å². The van der Waals surface area contributed by atoms with Crippen LogP contribution in [-0.2, 0) is 4.74 Å². The van der Waals surface area contributed by atoms with Crippen molar-refractivity contribution in [3.05, 3.63) is 33.9 Å². The largest absolute Gasteiger partial charge is 0.444 e. The molecule has 0 aromatic carbocycles. The second kappa shape index (κ2) is 8.49. The molecule has 3 rings (SSSR count). The molecule has 164 valence electrons. The fourth-order valence-corrected chi connectivity index (χ4v) is 3.55. The van der Waals surface area contributed by atoms with E-state index in [1.54, 1.807) is 9.42 Å². The highest BCUT2D eigenvalue weighted by molar-refractivity contribution is 5.99. The van der Waals surface area contributed by atoms with Crippen LogP contribution in [0.25, 0.3) is 5.65 Å². The number of piperidine rings is 1. The van der Waals surface area contributed by atoms with Crippen molar-refractivity contribution in [3.8, 4) is 0 Å². The summed E-state index contributed by atoms with van der Waals surface area (Å²) in [6.45, 7) is 11.2. The van der Waals surface area contributed by atoms with Gasteiger partial charge in [0.25, 0.3) is 11.5 Å². The second-order valence-corrected chi connectivity index (χ2v) is 9.22. The zero-order chi connectivity index (χ0) is 22.1. The lowest BCUT2D eigenvalue weighted by Gasteiger charge is -2.33. The van der Waals surface area contributed by atoms with E-state index in [1.165, 1.54) is 12.3 Å². The quantitative estimate of drug-likeness (QED) is 0.795. The van der Waals surface area contributed by atoms with Crippen molar-refractivity contribution < 1.29 is 14.3 Å². The number of rotatable bonds is 4. The summed E-state index contributed by atoms with van der Waals surface area (Å²) in [6, 6.07) is 1.53. The smallest absolute Gasteiger partial charge is 0.410 e. The SMILES string of the molecule is CC(C)CNC(=O)c1cnn2c(C3CCN(C(=O)OC(C)(C)C)CC3)cc(=O)[nH]c12. The summed E-state index contributed by atoms with van der Waals surface area (Å²) >= 11 is 0. The molecule has 1 saturated heterocycles. The average molecular weight is 418 g/mol. The van der Waals surface area contributed by atoms with E-state index in [0.29, 0.717) is 49.6 Å². The standard InChI is InChI=1S/C21H31N5O4/c1-13(2)11-22-19(28)15-12-23-26-16(10-17(27)24-18(15)26)14-6-8-25(9-7-14)20(29)30-21(3,4)5/h10,12-14H,6-9,11H2,1-5H3,(H,22,28)(H,24,27). The third kappa shape index (κ3) is 5.01. The number of aromatic amines is 1. The normalized spacial score (nSPS) is 15.6. The second-order valence-electron chi connectivity index (χ2n) is 9.22. The topological polar surface area (TPSA) is 109 Å². The summed E-state index contributed by atoms with van der Waals surface area (Å²) in [4.78, 5) is 41.5. The zero-order valence-corrected chi connectivity index (χ0v) is 18.3. The molecule has 0 radical (unpaired) electrons. The molecule has 2 N–H and O–H groups in total. The van der Waals surface area contributed by atoms with Crippen LogP contribution in [0, 0.1) is 5.92 Å². The monoisotopic (exact) mass is 417 g/mol. The molecule has 3 heterocycles. The van der Waals surface area contributed by atoms with Gasteiger partial charge in [-0.3, -0.25) is 9.59 Å². The number of hydrogen-bond acceptors (Lipinski definition) is 5. The number of likely N-dealkylation sites (tertiary alicyclic amines) is 1. The molecule has 2 aromatic heterocycles. The highest BCUT2D eigenvalue weighted by atomic mass is 16.6. The van der Waals surface area contributed by atoms with Crippen LogP contribution in [0.4, 0.5) is 4.79 Å². The Kier molecular flexibility index (Phi) is 6.19. The van der Waals surface area contributed by atoms with Gasteiger partial charge in [-0.1, -0.05) is 13.8 Å². The predicted octanol–water partition coefficient (Wildman–Crippen LogP) is 2.52. The van der Waals surface area contributed by atoms with Gasteiger partial charge in [0.05, 0.1) is 11.9 Å². The minimum atomic E-state index is -0.533. The van der Waals surface area contributed by atoms with E-state index in [9.17, 15) is 14.4 Å². The summed E-state index contributed by atoms with van der Waals surface area (Å²) < 4.78 is 7.09. The molecule has 0 bridgehead atoms. The molecule has 1 fully saturated rings. The van der Waals surface area contributed by atoms with E-state index in [1.807, 2.05) is 34.6 Å². The number of carbonyl (C=O) groups is 2. The van der Waals surface area contributed by atoms with Crippen molar-refractivity contribution in [1.82, 2.24) is 24.8 Å². The highest BCUT2D eigenvalue weighted by Crippen LogP contribution is 2.28. The Labute approximate surface area is 175 Å². The van der Waals surface area contributed by atoms with Crippen molar-refractivity contribution in [2.45, 2.75) is 59.0 Å². The molecule has 0 spiro atoms. The van der Waals surface area contributed by atoms with Crippen molar-refractivity contribution in [2.75, 3.05) is 19.6 Å². The van der Waals surface area contributed by atoms with Crippen LogP contribution in [0.5, 0.6) is 0 Å². The Bertz CT molecular complexity index is 977. The summed E-state index contributed by atoms with van der Waals surface area (Å²) in [5.41, 5.74) is 0.689. The first kappa shape index (κ1) is 21.9. The van der Waals surface area contributed by atoms with Crippen LogP contribution < -0.4 is 10.9 Å². The molecular weight excluding hydrogens is 386 g/mol. The highest BCUT2D eigenvalue weighted by Gasteiger charge is 2.29. The maximum atomic E-state index is 12.5. The van der Waals surface area contributed by atoms with Crippen molar-refractivity contribution in [2.24, 2.45) is 5.92 Å². The molecule has 30 heavy (non-hydrogen) atoms. The van der Waals surface area contributed by atoms with Crippen LogP contribution in [-0.4, -0.2) is 56.7 Å².